The molecule has 4 nitrogen and oxygen atoms in total. The standard InChI is InChI=1S/C17H18N2O2/c1-3-21-16-10-5-4-8-15(16)12-18-19-17(20)14-9-6-7-13(2)11-14/h4-12H,3H2,1-2H3,(H,19,20)/b18-12+. The average Bonchev–Trinajstić information content (AvgIpc) is 2.49. The van der Waals surface area contributed by atoms with Gasteiger partial charge in [-0.1, -0.05) is 29.8 Å². The third kappa shape index (κ3) is 4.18. The van der Waals surface area contributed by atoms with Gasteiger partial charge >= 0.3 is 0 Å². The number of hydrogen-bond acceptors (Lipinski definition) is 3. The van der Waals surface area contributed by atoms with Gasteiger partial charge in [0, 0.05) is 11.1 Å². The lowest BCUT2D eigenvalue weighted by Gasteiger charge is -2.06. The van der Waals surface area contributed by atoms with Crippen LogP contribution in [0.1, 0.15) is 28.4 Å². The van der Waals surface area contributed by atoms with Gasteiger partial charge in [-0.3, -0.25) is 4.79 Å². The second-order valence-corrected chi connectivity index (χ2v) is 4.54. The molecule has 0 unspecified atom stereocenters. The molecule has 1 amide bonds. The monoisotopic (exact) mass is 282 g/mol. The molecular formula is C17H18N2O2. The fourth-order valence-corrected chi connectivity index (χ4v) is 1.89. The lowest BCUT2D eigenvalue weighted by Crippen LogP contribution is -2.17. The summed E-state index contributed by atoms with van der Waals surface area (Å²) in [6, 6.07) is 14.9. The number of nitrogens with zero attached hydrogens (tertiary/aromatic N) is 1. The smallest absolute Gasteiger partial charge is 0.271 e. The Morgan fingerprint density at radius 1 is 1.24 bits per heavy atom. The maximum atomic E-state index is 11.9. The van der Waals surface area contributed by atoms with Crippen molar-refractivity contribution in [3.63, 3.8) is 0 Å². The third-order valence-electron chi connectivity index (χ3n) is 2.87. The molecule has 0 saturated heterocycles. The Bertz CT molecular complexity index is 651. The molecule has 2 aromatic rings. The van der Waals surface area contributed by atoms with Gasteiger partial charge < -0.3 is 4.74 Å². The van der Waals surface area contributed by atoms with Gasteiger partial charge in [-0.05, 0) is 38.1 Å². The van der Waals surface area contributed by atoms with Crippen LogP contribution in [0.3, 0.4) is 0 Å². The molecule has 2 aromatic carbocycles. The zero-order valence-electron chi connectivity index (χ0n) is 12.2. The highest BCUT2D eigenvalue weighted by molar-refractivity contribution is 5.95. The number of hydrazone groups is 1. The van der Waals surface area contributed by atoms with Crippen LogP contribution in [0.2, 0.25) is 0 Å². The first-order chi connectivity index (χ1) is 10.2. The van der Waals surface area contributed by atoms with E-state index in [-0.39, 0.29) is 5.91 Å². The van der Waals surface area contributed by atoms with Gasteiger partial charge in [0.1, 0.15) is 5.75 Å². The largest absolute Gasteiger partial charge is 0.493 e. The molecule has 0 saturated carbocycles. The number of nitrogens with one attached hydrogen (secondary N) is 1. The lowest BCUT2D eigenvalue weighted by molar-refractivity contribution is 0.0955. The zero-order valence-corrected chi connectivity index (χ0v) is 12.2. The van der Waals surface area contributed by atoms with Crippen LogP contribution in [0.5, 0.6) is 5.75 Å². The Morgan fingerprint density at radius 2 is 2.05 bits per heavy atom. The van der Waals surface area contributed by atoms with E-state index >= 15 is 0 Å². The summed E-state index contributed by atoms with van der Waals surface area (Å²) in [4.78, 5) is 11.9. The van der Waals surface area contributed by atoms with E-state index in [2.05, 4.69) is 10.5 Å². The Labute approximate surface area is 124 Å². The Balaban J connectivity index is 2.04. The normalized spacial score (nSPS) is 10.6. The molecule has 0 aliphatic rings. The highest BCUT2D eigenvalue weighted by Gasteiger charge is 2.04. The molecule has 0 heterocycles. The van der Waals surface area contributed by atoms with Crippen LogP contribution in [0.25, 0.3) is 0 Å². The van der Waals surface area contributed by atoms with Gasteiger partial charge in [-0.25, -0.2) is 5.43 Å². The first-order valence-electron chi connectivity index (χ1n) is 6.82. The number of benzene rings is 2. The van der Waals surface area contributed by atoms with Crippen LogP contribution in [-0.4, -0.2) is 18.7 Å². The maximum absolute atomic E-state index is 11.9. The molecule has 0 spiro atoms. The van der Waals surface area contributed by atoms with E-state index in [9.17, 15) is 4.79 Å². The molecule has 0 radical (unpaired) electrons. The molecular weight excluding hydrogens is 264 g/mol. The number of ether oxygens (including phenoxy) is 1. The van der Waals surface area contributed by atoms with E-state index in [1.807, 2.05) is 56.3 Å². The summed E-state index contributed by atoms with van der Waals surface area (Å²) < 4.78 is 5.49. The average molecular weight is 282 g/mol. The van der Waals surface area contributed by atoms with Crippen molar-refractivity contribution in [2.45, 2.75) is 13.8 Å². The van der Waals surface area contributed by atoms with Gasteiger partial charge in [-0.2, -0.15) is 5.10 Å². The molecule has 0 aliphatic carbocycles. The quantitative estimate of drug-likeness (QED) is 0.676. The van der Waals surface area contributed by atoms with E-state index in [1.54, 1.807) is 12.3 Å². The van der Waals surface area contributed by atoms with E-state index < -0.39 is 0 Å². The third-order valence-corrected chi connectivity index (χ3v) is 2.87. The van der Waals surface area contributed by atoms with Crippen molar-refractivity contribution in [3.05, 3.63) is 65.2 Å². The minimum Gasteiger partial charge on any atom is -0.493 e. The number of para-hydroxylation sites is 1. The first kappa shape index (κ1) is 14.8. The van der Waals surface area contributed by atoms with Crippen LogP contribution in [-0.2, 0) is 0 Å². The summed E-state index contributed by atoms with van der Waals surface area (Å²) in [6.07, 6.45) is 1.58. The summed E-state index contributed by atoms with van der Waals surface area (Å²) >= 11 is 0. The lowest BCUT2D eigenvalue weighted by atomic mass is 10.1. The molecule has 0 aliphatic heterocycles. The molecule has 21 heavy (non-hydrogen) atoms. The summed E-state index contributed by atoms with van der Waals surface area (Å²) in [7, 11) is 0. The van der Waals surface area contributed by atoms with Crippen LogP contribution < -0.4 is 10.2 Å². The highest BCUT2D eigenvalue weighted by atomic mass is 16.5. The van der Waals surface area contributed by atoms with Gasteiger partial charge in [0.05, 0.1) is 12.8 Å². The van der Waals surface area contributed by atoms with Crippen molar-refractivity contribution < 1.29 is 9.53 Å². The fraction of sp³-hybridized carbons (Fsp3) is 0.176. The summed E-state index contributed by atoms with van der Waals surface area (Å²) in [5.41, 5.74) is 4.97. The number of carbonyl (C=O) groups is 1. The SMILES string of the molecule is CCOc1ccccc1/C=N/NC(=O)c1cccc(C)c1. The van der Waals surface area contributed by atoms with Crippen LogP contribution in [0.4, 0.5) is 0 Å². The number of carbonyl (C=O) groups excluding carboxylic acids is 1. The van der Waals surface area contributed by atoms with E-state index in [0.29, 0.717) is 12.2 Å². The molecule has 0 aromatic heterocycles. The van der Waals surface area contributed by atoms with Crippen LogP contribution in [0.15, 0.2) is 53.6 Å². The van der Waals surface area contributed by atoms with Gasteiger partial charge in [0.2, 0.25) is 0 Å². The molecule has 2 rings (SSSR count). The second-order valence-electron chi connectivity index (χ2n) is 4.54. The first-order valence-corrected chi connectivity index (χ1v) is 6.82. The topological polar surface area (TPSA) is 50.7 Å². The zero-order chi connectivity index (χ0) is 15.1. The number of aryl methyl sites for hydroxylation is 1. The Kier molecular flexibility index (Phi) is 5.10. The summed E-state index contributed by atoms with van der Waals surface area (Å²) in [6.45, 7) is 4.45. The predicted molar refractivity (Wildman–Crippen MR) is 83.9 cm³/mol. The highest BCUT2D eigenvalue weighted by Crippen LogP contribution is 2.15. The Hall–Kier alpha value is -2.62. The molecule has 4 heteroatoms. The minimum atomic E-state index is -0.233. The van der Waals surface area contributed by atoms with Gasteiger partial charge in [-0.15, -0.1) is 0 Å². The predicted octanol–water partition coefficient (Wildman–Crippen LogP) is 3.16. The van der Waals surface area contributed by atoms with Crippen LogP contribution >= 0.6 is 0 Å². The maximum Gasteiger partial charge on any atom is 0.271 e. The van der Waals surface area contributed by atoms with Gasteiger partial charge in [0.15, 0.2) is 0 Å². The van der Waals surface area contributed by atoms with Crippen molar-refractivity contribution >= 4 is 12.1 Å². The Morgan fingerprint density at radius 3 is 2.81 bits per heavy atom. The molecule has 108 valence electrons. The molecule has 0 bridgehead atoms. The van der Waals surface area contributed by atoms with Crippen molar-refractivity contribution in [1.82, 2.24) is 5.43 Å². The van der Waals surface area contributed by atoms with E-state index in [0.717, 1.165) is 16.9 Å². The van der Waals surface area contributed by atoms with Crippen molar-refractivity contribution in [3.8, 4) is 5.75 Å². The molecule has 1 N–H and O–H groups in total. The second kappa shape index (κ2) is 7.24. The van der Waals surface area contributed by atoms with Crippen molar-refractivity contribution in [1.29, 1.82) is 0 Å². The summed E-state index contributed by atoms with van der Waals surface area (Å²) in [5.74, 6) is 0.511. The van der Waals surface area contributed by atoms with Gasteiger partial charge in [0.25, 0.3) is 5.91 Å². The molecule has 0 atom stereocenters. The van der Waals surface area contributed by atoms with Crippen molar-refractivity contribution in [2.75, 3.05) is 6.61 Å². The minimum absolute atomic E-state index is 0.233. The fourth-order valence-electron chi connectivity index (χ4n) is 1.89. The van der Waals surface area contributed by atoms with Crippen molar-refractivity contribution in [2.24, 2.45) is 5.10 Å². The number of hydrogen-bond donors (Lipinski definition) is 1. The molecule has 0 fully saturated rings. The number of rotatable bonds is 5. The van der Waals surface area contributed by atoms with E-state index in [4.69, 9.17) is 4.74 Å². The summed E-state index contributed by atoms with van der Waals surface area (Å²) in [5, 5.41) is 3.99. The van der Waals surface area contributed by atoms with E-state index in [1.165, 1.54) is 0 Å². The number of amides is 1. The van der Waals surface area contributed by atoms with Crippen LogP contribution in [0, 0.1) is 6.92 Å².